The lowest BCUT2D eigenvalue weighted by Crippen LogP contribution is -2.32. The van der Waals surface area contributed by atoms with Gasteiger partial charge in [0.2, 0.25) is 0 Å². The molecular weight excluding hydrogens is 396 g/mol. The third kappa shape index (κ3) is 3.51. The number of benzene rings is 3. The second-order valence-corrected chi connectivity index (χ2v) is 7.83. The van der Waals surface area contributed by atoms with Crippen molar-refractivity contribution in [1.82, 2.24) is 0 Å². The summed E-state index contributed by atoms with van der Waals surface area (Å²) in [4.78, 5) is 28.0. The highest BCUT2D eigenvalue weighted by atomic mass is 35.5. The zero-order valence-corrected chi connectivity index (χ0v) is 17.7. The first-order valence-corrected chi connectivity index (χ1v) is 10.0. The first-order valence-electron chi connectivity index (χ1n) is 9.65. The summed E-state index contributed by atoms with van der Waals surface area (Å²) in [6.45, 7) is 5.91. The van der Waals surface area contributed by atoms with Crippen molar-refractivity contribution in [2.45, 2.75) is 20.8 Å². The van der Waals surface area contributed by atoms with Gasteiger partial charge in [0.25, 0.3) is 11.8 Å². The molecule has 0 aromatic heterocycles. The first kappa shape index (κ1) is 19.9. The Morgan fingerprint density at radius 2 is 1.47 bits per heavy atom. The fourth-order valence-electron chi connectivity index (χ4n) is 3.44. The predicted octanol–water partition coefficient (Wildman–Crippen LogP) is 5.66. The third-order valence-corrected chi connectivity index (χ3v) is 5.74. The number of para-hydroxylation sites is 1. The lowest BCUT2D eigenvalue weighted by molar-refractivity contribution is -0.120. The van der Waals surface area contributed by atoms with E-state index in [2.05, 4.69) is 5.32 Å². The summed E-state index contributed by atoms with van der Waals surface area (Å²) >= 11 is 6.26. The predicted molar refractivity (Wildman–Crippen MR) is 122 cm³/mol. The van der Waals surface area contributed by atoms with Crippen molar-refractivity contribution in [2.75, 3.05) is 10.2 Å². The van der Waals surface area contributed by atoms with Crippen molar-refractivity contribution in [3.8, 4) is 0 Å². The molecule has 150 valence electrons. The molecule has 4 nitrogen and oxygen atoms in total. The number of carbonyl (C=O) groups is 2. The minimum Gasteiger partial charge on any atom is -0.350 e. The molecule has 0 fully saturated rings. The lowest BCUT2D eigenvalue weighted by atomic mass is 9.99. The molecule has 0 unspecified atom stereocenters. The summed E-state index contributed by atoms with van der Waals surface area (Å²) in [6, 6.07) is 20.2. The molecule has 0 aliphatic carbocycles. The van der Waals surface area contributed by atoms with Gasteiger partial charge in [-0.05, 0) is 67.3 Å². The maximum absolute atomic E-state index is 13.4. The minimum absolute atomic E-state index is 0.243. The number of hydrogen-bond acceptors (Lipinski definition) is 3. The fraction of sp³-hybridized carbons (Fsp3) is 0.120. The molecule has 3 aromatic rings. The van der Waals surface area contributed by atoms with E-state index in [1.54, 1.807) is 30.3 Å². The van der Waals surface area contributed by atoms with Crippen molar-refractivity contribution < 1.29 is 9.59 Å². The van der Waals surface area contributed by atoms with Crippen LogP contribution in [0.3, 0.4) is 0 Å². The quantitative estimate of drug-likeness (QED) is 0.558. The number of nitrogens with one attached hydrogen (secondary N) is 1. The maximum atomic E-state index is 13.4. The van der Waals surface area contributed by atoms with Gasteiger partial charge in [0.05, 0.1) is 11.3 Å². The van der Waals surface area contributed by atoms with E-state index in [0.717, 1.165) is 16.7 Å². The topological polar surface area (TPSA) is 49.4 Å². The van der Waals surface area contributed by atoms with Crippen molar-refractivity contribution in [1.29, 1.82) is 0 Å². The number of rotatable bonds is 4. The summed E-state index contributed by atoms with van der Waals surface area (Å²) in [5, 5.41) is 3.74. The van der Waals surface area contributed by atoms with E-state index in [1.165, 1.54) is 4.90 Å². The van der Waals surface area contributed by atoms with E-state index in [0.29, 0.717) is 27.5 Å². The molecule has 4 rings (SSSR count). The Hall–Kier alpha value is -3.37. The van der Waals surface area contributed by atoms with Gasteiger partial charge in [-0.2, -0.15) is 0 Å². The number of nitrogens with zero attached hydrogens (tertiary/aromatic N) is 1. The standard InChI is InChI=1S/C25H21ClN2O2/c1-15-9-11-18(13-17(15)3)22-23(27-19-12-10-16(2)21(26)14-19)25(30)28(24(22)29)20-7-5-4-6-8-20/h4-14,27H,1-3H3. The smallest absolute Gasteiger partial charge is 0.282 e. The molecule has 0 saturated carbocycles. The van der Waals surface area contributed by atoms with E-state index in [9.17, 15) is 9.59 Å². The van der Waals surface area contributed by atoms with Crippen LogP contribution in [0, 0.1) is 20.8 Å². The molecule has 0 bridgehead atoms. The molecule has 5 heteroatoms. The zero-order valence-electron chi connectivity index (χ0n) is 17.0. The molecule has 3 aromatic carbocycles. The molecule has 0 atom stereocenters. The van der Waals surface area contributed by atoms with Crippen LogP contribution in [-0.2, 0) is 9.59 Å². The van der Waals surface area contributed by atoms with Crippen LogP contribution < -0.4 is 10.2 Å². The first-order chi connectivity index (χ1) is 14.4. The molecule has 1 aliphatic rings. The summed E-state index contributed by atoms with van der Waals surface area (Å²) in [6.07, 6.45) is 0. The summed E-state index contributed by atoms with van der Waals surface area (Å²) in [5.41, 5.74) is 5.59. The fourth-order valence-corrected chi connectivity index (χ4v) is 3.62. The number of aryl methyl sites for hydroxylation is 3. The Morgan fingerprint density at radius 1 is 0.767 bits per heavy atom. The second kappa shape index (κ2) is 7.81. The van der Waals surface area contributed by atoms with Crippen molar-refractivity contribution in [3.63, 3.8) is 0 Å². The molecule has 2 amide bonds. The molecule has 1 heterocycles. The minimum atomic E-state index is -0.392. The van der Waals surface area contributed by atoms with Crippen LogP contribution in [0.4, 0.5) is 11.4 Å². The van der Waals surface area contributed by atoms with Gasteiger partial charge in [-0.3, -0.25) is 9.59 Å². The Balaban J connectivity index is 1.85. The molecule has 0 saturated heterocycles. The Kier molecular flexibility index (Phi) is 5.18. The van der Waals surface area contributed by atoms with E-state index in [4.69, 9.17) is 11.6 Å². The van der Waals surface area contributed by atoms with E-state index >= 15 is 0 Å². The van der Waals surface area contributed by atoms with Gasteiger partial charge in [0.15, 0.2) is 0 Å². The van der Waals surface area contributed by atoms with Crippen LogP contribution in [0.25, 0.3) is 5.57 Å². The van der Waals surface area contributed by atoms with Gasteiger partial charge < -0.3 is 5.32 Å². The molecule has 30 heavy (non-hydrogen) atoms. The Morgan fingerprint density at radius 3 is 2.13 bits per heavy atom. The average Bonchev–Trinajstić information content (AvgIpc) is 2.97. The normalized spacial score (nSPS) is 13.9. The van der Waals surface area contributed by atoms with Crippen LogP contribution >= 0.6 is 11.6 Å². The molecule has 1 aliphatic heterocycles. The van der Waals surface area contributed by atoms with Crippen LogP contribution in [0.5, 0.6) is 0 Å². The largest absolute Gasteiger partial charge is 0.350 e. The highest BCUT2D eigenvalue weighted by molar-refractivity contribution is 6.46. The van der Waals surface area contributed by atoms with Crippen LogP contribution in [0.15, 0.2) is 72.4 Å². The second-order valence-electron chi connectivity index (χ2n) is 7.42. The van der Waals surface area contributed by atoms with Gasteiger partial charge in [0, 0.05) is 10.7 Å². The van der Waals surface area contributed by atoms with Crippen molar-refractivity contribution in [2.24, 2.45) is 0 Å². The molecule has 1 N–H and O–H groups in total. The monoisotopic (exact) mass is 416 g/mol. The number of amides is 2. The van der Waals surface area contributed by atoms with Crippen LogP contribution in [0.2, 0.25) is 5.02 Å². The highest BCUT2D eigenvalue weighted by Crippen LogP contribution is 2.34. The van der Waals surface area contributed by atoms with E-state index in [1.807, 2.05) is 57.2 Å². The summed E-state index contributed by atoms with van der Waals surface area (Å²) < 4.78 is 0. The average molecular weight is 417 g/mol. The van der Waals surface area contributed by atoms with Gasteiger partial charge >= 0.3 is 0 Å². The summed E-state index contributed by atoms with van der Waals surface area (Å²) in [7, 11) is 0. The van der Waals surface area contributed by atoms with Crippen LogP contribution in [0.1, 0.15) is 22.3 Å². The Bertz CT molecular complexity index is 1200. The third-order valence-electron chi connectivity index (χ3n) is 5.34. The maximum Gasteiger partial charge on any atom is 0.282 e. The van der Waals surface area contributed by atoms with Crippen molar-refractivity contribution in [3.05, 3.63) is 99.7 Å². The number of halogens is 1. The van der Waals surface area contributed by atoms with Crippen molar-refractivity contribution >= 4 is 40.4 Å². The van der Waals surface area contributed by atoms with Gasteiger partial charge in [-0.15, -0.1) is 0 Å². The number of carbonyl (C=O) groups excluding carboxylic acids is 2. The summed E-state index contributed by atoms with van der Waals surface area (Å²) in [5.74, 6) is -0.744. The number of anilines is 2. The van der Waals surface area contributed by atoms with Gasteiger partial charge in [-0.25, -0.2) is 4.90 Å². The van der Waals surface area contributed by atoms with Gasteiger partial charge in [-0.1, -0.05) is 54.1 Å². The number of hydrogen-bond donors (Lipinski definition) is 1. The SMILES string of the molecule is Cc1ccc(C2=C(Nc3ccc(C)c(Cl)c3)C(=O)N(c3ccccc3)C2=O)cc1C. The highest BCUT2D eigenvalue weighted by Gasteiger charge is 2.40. The van der Waals surface area contributed by atoms with Gasteiger partial charge in [0.1, 0.15) is 5.70 Å². The van der Waals surface area contributed by atoms with Crippen LogP contribution in [-0.4, -0.2) is 11.8 Å². The zero-order chi connectivity index (χ0) is 21.4. The molecule has 0 radical (unpaired) electrons. The Labute approximate surface area is 180 Å². The lowest BCUT2D eigenvalue weighted by Gasteiger charge is -2.15. The number of imide groups is 1. The van der Waals surface area contributed by atoms with E-state index < -0.39 is 5.91 Å². The molecule has 0 spiro atoms. The molecular formula is C25H21ClN2O2. The van der Waals surface area contributed by atoms with E-state index in [-0.39, 0.29) is 11.6 Å².